The molecule has 2 unspecified atom stereocenters. The molecular weight excluding hydrogens is 254 g/mol. The molecule has 0 aliphatic rings. The van der Waals surface area contributed by atoms with Crippen LogP contribution in [0.4, 0.5) is 10.5 Å². The fourth-order valence-electron chi connectivity index (χ4n) is 1.90. The van der Waals surface area contributed by atoms with E-state index in [1.807, 2.05) is 37.4 Å². The van der Waals surface area contributed by atoms with Crippen LogP contribution in [0.5, 0.6) is 0 Å². The summed E-state index contributed by atoms with van der Waals surface area (Å²) < 4.78 is 0. The second-order valence-corrected chi connectivity index (χ2v) is 5.21. The predicted molar refractivity (Wildman–Crippen MR) is 82.0 cm³/mol. The van der Waals surface area contributed by atoms with Crippen LogP contribution in [0, 0.1) is 0 Å². The van der Waals surface area contributed by atoms with Crippen LogP contribution in [-0.4, -0.2) is 55.4 Å². The van der Waals surface area contributed by atoms with Crippen molar-refractivity contribution in [3.63, 3.8) is 0 Å². The zero-order valence-electron chi connectivity index (χ0n) is 12.7. The smallest absolute Gasteiger partial charge is 0.317 e. The lowest BCUT2D eigenvalue weighted by Gasteiger charge is -2.28. The van der Waals surface area contributed by atoms with Crippen molar-refractivity contribution in [2.24, 2.45) is 0 Å². The molecule has 0 fully saturated rings. The Morgan fingerprint density at radius 3 is 2.40 bits per heavy atom. The van der Waals surface area contributed by atoms with Crippen molar-refractivity contribution in [2.75, 3.05) is 32.1 Å². The molecule has 2 atom stereocenters. The minimum atomic E-state index is -0.518. The Bertz CT molecular complexity index is 409. The van der Waals surface area contributed by atoms with Gasteiger partial charge in [-0.1, -0.05) is 18.2 Å². The lowest BCUT2D eigenvalue weighted by atomic mass is 10.2. The highest BCUT2D eigenvalue weighted by atomic mass is 16.3. The van der Waals surface area contributed by atoms with E-state index < -0.39 is 6.10 Å². The first kappa shape index (κ1) is 16.3. The fraction of sp³-hybridized carbons (Fsp3) is 0.533. The molecule has 0 saturated carbocycles. The van der Waals surface area contributed by atoms with Gasteiger partial charge < -0.3 is 20.2 Å². The molecule has 2 N–H and O–H groups in total. The van der Waals surface area contributed by atoms with Gasteiger partial charge in [0.25, 0.3) is 0 Å². The Labute approximate surface area is 121 Å². The molecule has 0 heterocycles. The number of para-hydroxylation sites is 1. The van der Waals surface area contributed by atoms with Crippen molar-refractivity contribution in [1.82, 2.24) is 10.2 Å². The Morgan fingerprint density at radius 1 is 1.25 bits per heavy atom. The Balaban J connectivity index is 2.43. The quantitative estimate of drug-likeness (QED) is 0.830. The standard InChI is InChI=1S/C15H25N3O2/c1-12(18(4)14-8-6-5-7-9-14)10-16-15(20)17(3)11-13(2)19/h5-9,12-13,19H,10-11H2,1-4H3,(H,16,20). The summed E-state index contributed by atoms with van der Waals surface area (Å²) in [4.78, 5) is 15.4. The van der Waals surface area contributed by atoms with Crippen LogP contribution in [0.1, 0.15) is 13.8 Å². The van der Waals surface area contributed by atoms with Crippen LogP contribution in [0.2, 0.25) is 0 Å². The van der Waals surface area contributed by atoms with Crippen LogP contribution in [0.3, 0.4) is 0 Å². The van der Waals surface area contributed by atoms with E-state index in [1.54, 1.807) is 14.0 Å². The van der Waals surface area contributed by atoms with Gasteiger partial charge in [0.15, 0.2) is 0 Å². The molecule has 0 aromatic heterocycles. The zero-order chi connectivity index (χ0) is 15.1. The molecule has 0 saturated heterocycles. The second kappa shape index (κ2) is 7.75. The number of aliphatic hydroxyl groups excluding tert-OH is 1. The molecule has 0 radical (unpaired) electrons. The first-order valence-corrected chi connectivity index (χ1v) is 6.86. The number of aliphatic hydroxyl groups is 1. The number of benzene rings is 1. The maximum absolute atomic E-state index is 11.8. The van der Waals surface area contributed by atoms with Gasteiger partial charge in [0.1, 0.15) is 0 Å². The van der Waals surface area contributed by atoms with Crippen LogP contribution >= 0.6 is 0 Å². The molecule has 5 nitrogen and oxygen atoms in total. The van der Waals surface area contributed by atoms with E-state index >= 15 is 0 Å². The number of anilines is 1. The SMILES string of the molecule is CC(O)CN(C)C(=O)NCC(C)N(C)c1ccccc1. The van der Waals surface area contributed by atoms with Crippen molar-refractivity contribution in [1.29, 1.82) is 0 Å². The number of nitrogens with zero attached hydrogens (tertiary/aromatic N) is 2. The van der Waals surface area contributed by atoms with E-state index in [-0.39, 0.29) is 12.1 Å². The summed E-state index contributed by atoms with van der Waals surface area (Å²) in [6, 6.07) is 10.1. The van der Waals surface area contributed by atoms with Gasteiger partial charge in [-0.05, 0) is 26.0 Å². The number of hydrogen-bond acceptors (Lipinski definition) is 3. The summed E-state index contributed by atoms with van der Waals surface area (Å²) in [5, 5.41) is 12.1. The van der Waals surface area contributed by atoms with Gasteiger partial charge >= 0.3 is 6.03 Å². The van der Waals surface area contributed by atoms with Crippen LogP contribution < -0.4 is 10.2 Å². The summed E-state index contributed by atoms with van der Waals surface area (Å²) in [5.74, 6) is 0. The summed E-state index contributed by atoms with van der Waals surface area (Å²) in [6.45, 7) is 4.60. The van der Waals surface area contributed by atoms with Crippen molar-refractivity contribution in [2.45, 2.75) is 26.0 Å². The number of carbonyl (C=O) groups excluding carboxylic acids is 1. The largest absolute Gasteiger partial charge is 0.392 e. The first-order valence-electron chi connectivity index (χ1n) is 6.86. The van der Waals surface area contributed by atoms with Gasteiger partial charge in [0.05, 0.1) is 6.10 Å². The molecule has 2 amide bonds. The minimum Gasteiger partial charge on any atom is -0.392 e. The second-order valence-electron chi connectivity index (χ2n) is 5.21. The fourth-order valence-corrected chi connectivity index (χ4v) is 1.90. The van der Waals surface area contributed by atoms with Crippen LogP contribution in [0.15, 0.2) is 30.3 Å². The average molecular weight is 279 g/mol. The molecule has 0 aliphatic heterocycles. The first-order chi connectivity index (χ1) is 9.41. The molecule has 5 heteroatoms. The van der Waals surface area contributed by atoms with Crippen molar-refractivity contribution < 1.29 is 9.90 Å². The van der Waals surface area contributed by atoms with Gasteiger partial charge in [0.2, 0.25) is 0 Å². The van der Waals surface area contributed by atoms with E-state index in [1.165, 1.54) is 4.90 Å². The molecule has 112 valence electrons. The summed E-state index contributed by atoms with van der Waals surface area (Å²) >= 11 is 0. The highest BCUT2D eigenvalue weighted by Crippen LogP contribution is 2.13. The van der Waals surface area contributed by atoms with Crippen molar-refractivity contribution in [3.8, 4) is 0 Å². The number of rotatable bonds is 6. The van der Waals surface area contributed by atoms with Gasteiger partial charge in [-0.15, -0.1) is 0 Å². The maximum atomic E-state index is 11.8. The van der Waals surface area contributed by atoms with E-state index in [4.69, 9.17) is 0 Å². The number of nitrogens with one attached hydrogen (secondary N) is 1. The lowest BCUT2D eigenvalue weighted by molar-refractivity contribution is 0.144. The topological polar surface area (TPSA) is 55.8 Å². The molecule has 1 aromatic carbocycles. The van der Waals surface area contributed by atoms with Gasteiger partial charge in [-0.3, -0.25) is 0 Å². The third kappa shape index (κ3) is 5.09. The Hall–Kier alpha value is -1.75. The average Bonchev–Trinajstić information content (AvgIpc) is 2.43. The van der Waals surface area contributed by atoms with Gasteiger partial charge in [0, 0.05) is 38.9 Å². The number of carbonyl (C=O) groups is 1. The van der Waals surface area contributed by atoms with E-state index in [0.717, 1.165) is 5.69 Å². The summed E-state index contributed by atoms with van der Waals surface area (Å²) in [5.41, 5.74) is 1.12. The van der Waals surface area contributed by atoms with Crippen LogP contribution in [0.25, 0.3) is 0 Å². The zero-order valence-corrected chi connectivity index (χ0v) is 12.7. The molecule has 0 aliphatic carbocycles. The van der Waals surface area contributed by atoms with E-state index in [9.17, 15) is 9.90 Å². The third-order valence-electron chi connectivity index (χ3n) is 3.26. The normalized spacial score (nSPS) is 13.4. The molecule has 1 aromatic rings. The lowest BCUT2D eigenvalue weighted by Crippen LogP contribution is -2.46. The molecule has 1 rings (SSSR count). The van der Waals surface area contributed by atoms with Gasteiger partial charge in [-0.2, -0.15) is 0 Å². The Morgan fingerprint density at radius 2 is 1.85 bits per heavy atom. The molecule has 0 bridgehead atoms. The highest BCUT2D eigenvalue weighted by molar-refractivity contribution is 5.73. The summed E-state index contributed by atoms with van der Waals surface area (Å²) in [7, 11) is 3.68. The number of amides is 2. The van der Waals surface area contributed by atoms with E-state index in [0.29, 0.717) is 13.1 Å². The van der Waals surface area contributed by atoms with Crippen LogP contribution in [-0.2, 0) is 0 Å². The molecule has 0 spiro atoms. The third-order valence-corrected chi connectivity index (χ3v) is 3.26. The number of urea groups is 1. The maximum Gasteiger partial charge on any atom is 0.317 e. The number of likely N-dealkylation sites (N-methyl/N-ethyl adjacent to an activating group) is 2. The van der Waals surface area contributed by atoms with Crippen molar-refractivity contribution in [3.05, 3.63) is 30.3 Å². The van der Waals surface area contributed by atoms with Crippen molar-refractivity contribution >= 4 is 11.7 Å². The predicted octanol–water partition coefficient (Wildman–Crippen LogP) is 1.53. The van der Waals surface area contributed by atoms with Gasteiger partial charge in [-0.25, -0.2) is 4.79 Å². The minimum absolute atomic E-state index is 0.167. The molecule has 20 heavy (non-hydrogen) atoms. The van der Waals surface area contributed by atoms with E-state index in [2.05, 4.69) is 17.1 Å². The Kier molecular flexibility index (Phi) is 6.31. The summed E-state index contributed by atoms with van der Waals surface area (Å²) in [6.07, 6.45) is -0.518. The molecular formula is C15H25N3O2. The highest BCUT2D eigenvalue weighted by Gasteiger charge is 2.14. The monoisotopic (exact) mass is 279 g/mol. The number of hydrogen-bond donors (Lipinski definition) is 2.